The molecule has 0 amide bonds. The molecule has 0 fully saturated rings. The van der Waals surface area contributed by atoms with Gasteiger partial charge in [-0.15, -0.1) is 0 Å². The Labute approximate surface area is 71.2 Å². The van der Waals surface area contributed by atoms with Crippen LogP contribution in [-0.4, -0.2) is 6.29 Å². The minimum atomic E-state index is -0.264. The number of aldehydes is 1. The van der Waals surface area contributed by atoms with E-state index in [2.05, 4.69) is 0 Å². The van der Waals surface area contributed by atoms with Gasteiger partial charge < -0.3 is 4.79 Å². The molecule has 0 aromatic heterocycles. The Kier molecular flexibility index (Phi) is 2.97. The third-order valence-corrected chi connectivity index (χ3v) is 1.90. The summed E-state index contributed by atoms with van der Waals surface area (Å²) in [5.41, 5.74) is 0.883. The van der Waals surface area contributed by atoms with E-state index < -0.39 is 0 Å². The van der Waals surface area contributed by atoms with Crippen molar-refractivity contribution in [2.24, 2.45) is 0 Å². The lowest BCUT2D eigenvalue weighted by atomic mass is 9.98. The summed E-state index contributed by atoms with van der Waals surface area (Å²) in [6.45, 7) is 1.93. The molecule has 1 aromatic rings. The summed E-state index contributed by atoms with van der Waals surface area (Å²) >= 11 is 0. The predicted octanol–water partition coefficient (Wildman–Crippen LogP) is 2.52. The summed E-state index contributed by atoms with van der Waals surface area (Å²) in [6.07, 6.45) is 1.66. The van der Waals surface area contributed by atoms with E-state index in [9.17, 15) is 9.18 Å². The number of benzene rings is 1. The third-order valence-electron chi connectivity index (χ3n) is 1.90. The van der Waals surface area contributed by atoms with Gasteiger partial charge in [0.25, 0.3) is 0 Å². The molecule has 0 bridgehead atoms. The van der Waals surface area contributed by atoms with Crippen LogP contribution in [0.3, 0.4) is 0 Å². The van der Waals surface area contributed by atoms with Gasteiger partial charge in [-0.3, -0.25) is 0 Å². The van der Waals surface area contributed by atoms with E-state index in [1.165, 1.54) is 12.1 Å². The maximum absolute atomic E-state index is 12.5. The largest absolute Gasteiger partial charge is 0.303 e. The standard InChI is InChI=1S/C10H11FO/c1-2-8(7-12)9-3-5-10(11)6-4-9/h3-8H,2H2,1H3. The fourth-order valence-electron chi connectivity index (χ4n) is 1.12. The van der Waals surface area contributed by atoms with Crippen molar-refractivity contribution in [2.75, 3.05) is 0 Å². The first-order valence-corrected chi connectivity index (χ1v) is 3.98. The average molecular weight is 166 g/mol. The molecule has 0 spiro atoms. The van der Waals surface area contributed by atoms with E-state index in [0.717, 1.165) is 18.3 Å². The summed E-state index contributed by atoms with van der Waals surface area (Å²) in [4.78, 5) is 10.5. The summed E-state index contributed by atoms with van der Waals surface area (Å²) in [6, 6.07) is 6.05. The van der Waals surface area contributed by atoms with Crippen molar-refractivity contribution in [3.05, 3.63) is 35.6 Å². The lowest BCUT2D eigenvalue weighted by Crippen LogP contribution is -1.97. The van der Waals surface area contributed by atoms with Crippen LogP contribution in [0.15, 0.2) is 24.3 Å². The van der Waals surface area contributed by atoms with Crippen LogP contribution >= 0.6 is 0 Å². The van der Waals surface area contributed by atoms with Crippen LogP contribution in [0.1, 0.15) is 24.8 Å². The molecule has 1 aromatic carbocycles. The second-order valence-corrected chi connectivity index (χ2v) is 2.70. The van der Waals surface area contributed by atoms with Crippen LogP contribution < -0.4 is 0 Å². The van der Waals surface area contributed by atoms with Crippen molar-refractivity contribution in [1.82, 2.24) is 0 Å². The topological polar surface area (TPSA) is 17.1 Å². The first kappa shape index (κ1) is 8.91. The zero-order valence-corrected chi connectivity index (χ0v) is 6.96. The molecular formula is C10H11FO. The predicted molar refractivity (Wildman–Crippen MR) is 45.5 cm³/mol. The van der Waals surface area contributed by atoms with Gasteiger partial charge >= 0.3 is 0 Å². The van der Waals surface area contributed by atoms with Gasteiger partial charge in [0.1, 0.15) is 12.1 Å². The highest BCUT2D eigenvalue weighted by molar-refractivity contribution is 5.61. The fraction of sp³-hybridized carbons (Fsp3) is 0.300. The zero-order chi connectivity index (χ0) is 8.97. The lowest BCUT2D eigenvalue weighted by Gasteiger charge is -2.06. The Morgan fingerprint density at radius 3 is 2.42 bits per heavy atom. The highest BCUT2D eigenvalue weighted by Crippen LogP contribution is 2.16. The van der Waals surface area contributed by atoms with E-state index in [1.807, 2.05) is 6.92 Å². The van der Waals surface area contributed by atoms with Crippen LogP contribution in [0.25, 0.3) is 0 Å². The molecule has 1 nitrogen and oxygen atoms in total. The van der Waals surface area contributed by atoms with E-state index in [0.29, 0.717) is 0 Å². The number of hydrogen-bond acceptors (Lipinski definition) is 1. The molecule has 12 heavy (non-hydrogen) atoms. The highest BCUT2D eigenvalue weighted by Gasteiger charge is 2.06. The van der Waals surface area contributed by atoms with E-state index in [-0.39, 0.29) is 11.7 Å². The number of rotatable bonds is 3. The van der Waals surface area contributed by atoms with Crippen LogP contribution in [-0.2, 0) is 4.79 Å². The van der Waals surface area contributed by atoms with E-state index >= 15 is 0 Å². The Hall–Kier alpha value is -1.18. The van der Waals surface area contributed by atoms with Gasteiger partial charge in [0, 0.05) is 5.92 Å². The highest BCUT2D eigenvalue weighted by atomic mass is 19.1. The minimum Gasteiger partial charge on any atom is -0.303 e. The molecule has 64 valence electrons. The molecule has 0 radical (unpaired) electrons. The molecule has 0 saturated carbocycles. The zero-order valence-electron chi connectivity index (χ0n) is 6.96. The molecule has 1 rings (SSSR count). The van der Waals surface area contributed by atoms with Crippen LogP contribution in [0.5, 0.6) is 0 Å². The smallest absolute Gasteiger partial charge is 0.127 e. The summed E-state index contributed by atoms with van der Waals surface area (Å²) in [5.74, 6) is -0.356. The first-order valence-electron chi connectivity index (χ1n) is 3.98. The van der Waals surface area contributed by atoms with E-state index in [1.54, 1.807) is 12.1 Å². The SMILES string of the molecule is CCC(C=O)c1ccc(F)cc1. The Morgan fingerprint density at radius 2 is 2.00 bits per heavy atom. The summed E-state index contributed by atoms with van der Waals surface area (Å²) < 4.78 is 12.5. The van der Waals surface area contributed by atoms with Gasteiger partial charge in [-0.2, -0.15) is 0 Å². The Morgan fingerprint density at radius 1 is 1.42 bits per heavy atom. The summed E-state index contributed by atoms with van der Waals surface area (Å²) in [7, 11) is 0. The molecule has 0 aliphatic heterocycles. The van der Waals surface area contributed by atoms with Crippen molar-refractivity contribution in [2.45, 2.75) is 19.3 Å². The maximum atomic E-state index is 12.5. The molecule has 0 aliphatic carbocycles. The summed E-state index contributed by atoms with van der Waals surface area (Å²) in [5, 5.41) is 0. The van der Waals surface area contributed by atoms with Gasteiger partial charge in [-0.25, -0.2) is 4.39 Å². The quantitative estimate of drug-likeness (QED) is 0.630. The Bertz CT molecular complexity index is 253. The van der Waals surface area contributed by atoms with Gasteiger partial charge in [0.15, 0.2) is 0 Å². The van der Waals surface area contributed by atoms with Crippen molar-refractivity contribution >= 4 is 6.29 Å². The van der Waals surface area contributed by atoms with Crippen LogP contribution in [0, 0.1) is 5.82 Å². The number of carbonyl (C=O) groups is 1. The molecule has 0 aliphatic rings. The first-order chi connectivity index (χ1) is 5.77. The second-order valence-electron chi connectivity index (χ2n) is 2.70. The molecular weight excluding hydrogens is 155 g/mol. The Balaban J connectivity index is 2.87. The number of hydrogen-bond donors (Lipinski definition) is 0. The van der Waals surface area contributed by atoms with Gasteiger partial charge in [-0.05, 0) is 24.1 Å². The van der Waals surface area contributed by atoms with Crippen molar-refractivity contribution in [3.63, 3.8) is 0 Å². The molecule has 0 N–H and O–H groups in total. The van der Waals surface area contributed by atoms with Gasteiger partial charge in [-0.1, -0.05) is 19.1 Å². The van der Waals surface area contributed by atoms with Crippen molar-refractivity contribution in [1.29, 1.82) is 0 Å². The second kappa shape index (κ2) is 4.00. The van der Waals surface area contributed by atoms with E-state index in [4.69, 9.17) is 0 Å². The van der Waals surface area contributed by atoms with Gasteiger partial charge in [0.2, 0.25) is 0 Å². The number of halogens is 1. The molecule has 1 unspecified atom stereocenters. The normalized spacial score (nSPS) is 12.5. The number of carbonyl (C=O) groups excluding carboxylic acids is 1. The third kappa shape index (κ3) is 1.91. The van der Waals surface area contributed by atoms with Crippen molar-refractivity contribution in [3.8, 4) is 0 Å². The minimum absolute atomic E-state index is 0.0920. The molecule has 0 heterocycles. The maximum Gasteiger partial charge on any atom is 0.127 e. The lowest BCUT2D eigenvalue weighted by molar-refractivity contribution is -0.109. The van der Waals surface area contributed by atoms with Crippen LogP contribution in [0.2, 0.25) is 0 Å². The molecule has 0 saturated heterocycles. The van der Waals surface area contributed by atoms with Gasteiger partial charge in [0.05, 0.1) is 0 Å². The monoisotopic (exact) mass is 166 g/mol. The van der Waals surface area contributed by atoms with Crippen molar-refractivity contribution < 1.29 is 9.18 Å². The van der Waals surface area contributed by atoms with Crippen LogP contribution in [0.4, 0.5) is 4.39 Å². The molecule has 2 heteroatoms. The fourth-order valence-corrected chi connectivity index (χ4v) is 1.12. The average Bonchev–Trinajstić information content (AvgIpc) is 2.10. The molecule has 1 atom stereocenters.